The van der Waals surface area contributed by atoms with Crippen LogP contribution >= 0.6 is 0 Å². The van der Waals surface area contributed by atoms with Gasteiger partial charge < -0.3 is 14.2 Å². The number of aromatic nitrogens is 1. The van der Waals surface area contributed by atoms with Gasteiger partial charge in [0.05, 0.1) is 12.8 Å². The number of aryl methyl sites for hydroxylation is 1. The molecule has 0 spiro atoms. The average Bonchev–Trinajstić information content (AvgIpc) is 3.28. The molecule has 4 rings (SSSR count). The molecule has 1 aromatic heterocycles. The number of esters is 1. The van der Waals surface area contributed by atoms with Gasteiger partial charge in [0.1, 0.15) is 11.4 Å². The summed E-state index contributed by atoms with van der Waals surface area (Å²) in [6, 6.07) is 11.2. The van der Waals surface area contributed by atoms with Crippen LogP contribution in [0.25, 0.3) is 0 Å². The van der Waals surface area contributed by atoms with E-state index in [1.54, 1.807) is 11.0 Å². The number of hydrogen-bond acceptors (Lipinski definition) is 5. The molecular weight excluding hydrogens is 396 g/mol. The maximum absolute atomic E-state index is 13.1. The number of piperidine rings is 1. The van der Waals surface area contributed by atoms with Crippen LogP contribution in [0.2, 0.25) is 0 Å². The summed E-state index contributed by atoms with van der Waals surface area (Å²) in [7, 11) is 1.37. The van der Waals surface area contributed by atoms with Gasteiger partial charge >= 0.3 is 5.97 Å². The first kappa shape index (κ1) is 20.8. The van der Waals surface area contributed by atoms with Crippen molar-refractivity contribution in [3.63, 3.8) is 0 Å². The molecule has 3 heterocycles. The zero-order valence-corrected chi connectivity index (χ0v) is 17.8. The zero-order valence-electron chi connectivity index (χ0n) is 17.8. The number of carbonyl (C=O) groups is 3. The van der Waals surface area contributed by atoms with Crippen molar-refractivity contribution >= 4 is 29.2 Å². The molecule has 0 radical (unpaired) electrons. The third-order valence-corrected chi connectivity index (χ3v) is 5.84. The molecule has 1 aromatic carbocycles. The zero-order chi connectivity index (χ0) is 22.0. The molecular formula is C23H26N4O4. The topological polar surface area (TPSA) is 84.2 Å². The van der Waals surface area contributed by atoms with Gasteiger partial charge in [0.25, 0.3) is 5.91 Å². The van der Waals surface area contributed by atoms with Crippen molar-refractivity contribution < 1.29 is 19.1 Å². The summed E-state index contributed by atoms with van der Waals surface area (Å²) in [6.07, 6.45) is 3.96. The van der Waals surface area contributed by atoms with E-state index in [4.69, 9.17) is 4.74 Å². The van der Waals surface area contributed by atoms with Crippen LogP contribution in [-0.4, -0.2) is 53.2 Å². The molecule has 2 aromatic rings. The Morgan fingerprint density at radius 2 is 1.87 bits per heavy atom. The highest BCUT2D eigenvalue weighted by atomic mass is 16.5. The Morgan fingerprint density at radius 3 is 2.58 bits per heavy atom. The fourth-order valence-corrected chi connectivity index (χ4v) is 4.19. The van der Waals surface area contributed by atoms with Crippen molar-refractivity contribution in [2.75, 3.05) is 25.2 Å². The minimum absolute atomic E-state index is 0.108. The number of hydrazone groups is 1. The average molecular weight is 422 g/mol. The van der Waals surface area contributed by atoms with E-state index in [2.05, 4.69) is 5.10 Å². The Morgan fingerprint density at radius 1 is 1.10 bits per heavy atom. The highest BCUT2D eigenvalue weighted by Gasteiger charge is 2.31. The van der Waals surface area contributed by atoms with Crippen LogP contribution in [0.1, 0.15) is 47.8 Å². The third-order valence-electron chi connectivity index (χ3n) is 5.84. The normalized spacial score (nSPS) is 17.5. The maximum Gasteiger partial charge on any atom is 0.354 e. The Bertz CT molecular complexity index is 1030. The number of anilines is 1. The highest BCUT2D eigenvalue weighted by Crippen LogP contribution is 2.26. The maximum atomic E-state index is 13.1. The lowest BCUT2D eigenvalue weighted by molar-refractivity contribution is -0.125. The molecule has 0 aliphatic carbocycles. The van der Waals surface area contributed by atoms with Gasteiger partial charge in [-0.05, 0) is 49.6 Å². The molecule has 2 amide bonds. The summed E-state index contributed by atoms with van der Waals surface area (Å²) in [6.45, 7) is 3.09. The molecule has 8 heteroatoms. The third kappa shape index (κ3) is 4.23. The molecule has 0 unspecified atom stereocenters. The largest absolute Gasteiger partial charge is 0.464 e. The molecule has 2 aliphatic heterocycles. The summed E-state index contributed by atoms with van der Waals surface area (Å²) < 4.78 is 6.79. The van der Waals surface area contributed by atoms with E-state index in [-0.39, 0.29) is 30.2 Å². The predicted molar refractivity (Wildman–Crippen MR) is 116 cm³/mol. The molecule has 1 fully saturated rings. The lowest BCUT2D eigenvalue weighted by Gasteiger charge is -2.34. The van der Waals surface area contributed by atoms with Crippen LogP contribution in [0.4, 0.5) is 5.69 Å². The van der Waals surface area contributed by atoms with Crippen molar-refractivity contribution in [1.82, 2.24) is 9.47 Å². The Hall–Kier alpha value is -3.42. The van der Waals surface area contributed by atoms with Crippen LogP contribution in [0, 0.1) is 6.92 Å². The van der Waals surface area contributed by atoms with Gasteiger partial charge in [-0.15, -0.1) is 0 Å². The van der Waals surface area contributed by atoms with Crippen molar-refractivity contribution in [3.05, 3.63) is 53.9 Å². The molecule has 0 atom stereocenters. The summed E-state index contributed by atoms with van der Waals surface area (Å²) >= 11 is 0. The Balaban J connectivity index is 1.45. The van der Waals surface area contributed by atoms with Crippen LogP contribution in [-0.2, 0) is 14.3 Å². The van der Waals surface area contributed by atoms with Gasteiger partial charge in [0.2, 0.25) is 5.91 Å². The first-order chi connectivity index (χ1) is 15.0. The number of rotatable bonds is 4. The van der Waals surface area contributed by atoms with Crippen molar-refractivity contribution in [2.24, 2.45) is 5.10 Å². The second-order valence-electron chi connectivity index (χ2n) is 7.91. The number of methoxy groups -OCH3 is 1. The van der Waals surface area contributed by atoms with Crippen LogP contribution in [0.5, 0.6) is 0 Å². The molecule has 2 aliphatic rings. The SMILES string of the molecule is COC(=O)c1cccn1C1CCN(C(=O)C2=NN(c3cccc(C)c3)C(=O)CC2)CC1. The number of carbonyl (C=O) groups excluding carboxylic acids is 3. The van der Waals surface area contributed by atoms with Crippen LogP contribution in [0.15, 0.2) is 47.7 Å². The summed E-state index contributed by atoms with van der Waals surface area (Å²) in [5.41, 5.74) is 2.64. The summed E-state index contributed by atoms with van der Waals surface area (Å²) in [5.74, 6) is -0.589. The molecule has 31 heavy (non-hydrogen) atoms. The number of nitrogens with zero attached hydrogens (tertiary/aromatic N) is 4. The Labute approximate surface area is 181 Å². The van der Waals surface area contributed by atoms with E-state index < -0.39 is 0 Å². The first-order valence-corrected chi connectivity index (χ1v) is 10.5. The molecule has 8 nitrogen and oxygen atoms in total. The van der Waals surface area contributed by atoms with Gasteiger partial charge in [-0.2, -0.15) is 5.10 Å². The Kier molecular flexibility index (Phi) is 5.88. The number of ether oxygens (including phenoxy) is 1. The smallest absolute Gasteiger partial charge is 0.354 e. The number of likely N-dealkylation sites (tertiary alicyclic amines) is 1. The van der Waals surface area contributed by atoms with Gasteiger partial charge in [-0.1, -0.05) is 12.1 Å². The van der Waals surface area contributed by atoms with Gasteiger partial charge in [0, 0.05) is 38.2 Å². The van der Waals surface area contributed by atoms with E-state index in [0.29, 0.717) is 36.6 Å². The molecule has 1 saturated heterocycles. The first-order valence-electron chi connectivity index (χ1n) is 10.5. The molecule has 0 N–H and O–H groups in total. The minimum Gasteiger partial charge on any atom is -0.464 e. The van der Waals surface area contributed by atoms with E-state index in [1.807, 2.05) is 48.0 Å². The van der Waals surface area contributed by atoms with E-state index in [9.17, 15) is 14.4 Å². The van der Waals surface area contributed by atoms with E-state index >= 15 is 0 Å². The number of amides is 2. The lowest BCUT2D eigenvalue weighted by Crippen LogP contribution is -2.45. The van der Waals surface area contributed by atoms with Crippen molar-refractivity contribution in [2.45, 2.75) is 38.6 Å². The fourth-order valence-electron chi connectivity index (χ4n) is 4.19. The highest BCUT2D eigenvalue weighted by molar-refractivity contribution is 6.40. The van der Waals surface area contributed by atoms with E-state index in [1.165, 1.54) is 12.1 Å². The summed E-state index contributed by atoms with van der Waals surface area (Å²) in [5, 5.41) is 5.76. The molecule has 0 saturated carbocycles. The lowest BCUT2D eigenvalue weighted by atomic mass is 10.0. The number of hydrogen-bond donors (Lipinski definition) is 0. The minimum atomic E-state index is -0.360. The number of benzene rings is 1. The van der Waals surface area contributed by atoms with Gasteiger partial charge in [-0.25, -0.2) is 9.80 Å². The molecule has 0 bridgehead atoms. The van der Waals surface area contributed by atoms with E-state index in [0.717, 1.165) is 18.4 Å². The van der Waals surface area contributed by atoms with Crippen molar-refractivity contribution in [3.8, 4) is 0 Å². The van der Waals surface area contributed by atoms with Gasteiger partial charge in [-0.3, -0.25) is 9.59 Å². The van der Waals surface area contributed by atoms with Gasteiger partial charge in [0.15, 0.2) is 0 Å². The monoisotopic (exact) mass is 422 g/mol. The van der Waals surface area contributed by atoms with Crippen LogP contribution < -0.4 is 5.01 Å². The second kappa shape index (κ2) is 8.75. The van der Waals surface area contributed by atoms with Crippen LogP contribution in [0.3, 0.4) is 0 Å². The quantitative estimate of drug-likeness (QED) is 0.709. The second-order valence-corrected chi connectivity index (χ2v) is 7.91. The molecule has 162 valence electrons. The fraction of sp³-hybridized carbons (Fsp3) is 0.391. The van der Waals surface area contributed by atoms with Crippen molar-refractivity contribution in [1.29, 1.82) is 0 Å². The standard InChI is InChI=1S/C23H26N4O4/c1-16-5-3-6-18(15-16)27-21(28)9-8-19(24-27)22(29)25-13-10-17(11-14-25)26-12-4-7-20(26)23(30)31-2/h3-7,12,15,17H,8-11,13-14H2,1-2H3. The summed E-state index contributed by atoms with van der Waals surface area (Å²) in [4.78, 5) is 39.2. The predicted octanol–water partition coefficient (Wildman–Crippen LogP) is 2.93.